The number of allylic oxidation sites excluding steroid dienone is 8. The Kier molecular flexibility index (Phi) is 4.94. The van der Waals surface area contributed by atoms with Crippen molar-refractivity contribution < 1.29 is 0 Å². The molecule has 0 N–H and O–H groups in total. The van der Waals surface area contributed by atoms with Crippen molar-refractivity contribution in [1.29, 1.82) is 0 Å². The number of rotatable bonds is 2. The van der Waals surface area contributed by atoms with Crippen LogP contribution in [0.5, 0.6) is 0 Å². The molecule has 0 atom stereocenters. The topological polar surface area (TPSA) is 0 Å². The molecule has 1 aromatic carbocycles. The third kappa shape index (κ3) is 3.34. The fourth-order valence-corrected chi connectivity index (χ4v) is 4.01. The molecule has 1 aromatic rings. The van der Waals surface area contributed by atoms with Gasteiger partial charge in [-0.1, -0.05) is 68.0 Å². The molecule has 2 aliphatic carbocycles. The highest BCUT2D eigenvalue weighted by Crippen LogP contribution is 2.46. The molecule has 0 spiro atoms. The van der Waals surface area contributed by atoms with Crippen molar-refractivity contribution in [3.8, 4) is 0 Å². The number of hydrogen-bond acceptors (Lipinski definition) is 0. The standard InChI is InChI=1S/C24H30/c1-18-19(2)24(3,4)17-16-22(20-12-8-5-6-9-13-20)23(18)21-14-10-7-11-15-21/h5,7-8,10-12,14-15H,6,9,13,16-17H2,1-4H3. The van der Waals surface area contributed by atoms with Crippen LogP contribution in [-0.4, -0.2) is 0 Å². The molecule has 0 amide bonds. The first-order valence-electron chi connectivity index (χ1n) is 9.33. The minimum Gasteiger partial charge on any atom is -0.0845 e. The lowest BCUT2D eigenvalue weighted by Crippen LogP contribution is -2.13. The quantitative estimate of drug-likeness (QED) is 0.538. The zero-order chi connectivity index (χ0) is 17.2. The Morgan fingerprint density at radius 3 is 2.46 bits per heavy atom. The molecule has 0 aromatic heterocycles. The number of hydrogen-bond donors (Lipinski definition) is 0. The lowest BCUT2D eigenvalue weighted by molar-refractivity contribution is 0.409. The Labute approximate surface area is 147 Å². The lowest BCUT2D eigenvalue weighted by atomic mass is 9.79. The largest absolute Gasteiger partial charge is 0.0845 e. The molecule has 0 radical (unpaired) electrons. The van der Waals surface area contributed by atoms with Gasteiger partial charge in [-0.15, -0.1) is 0 Å². The summed E-state index contributed by atoms with van der Waals surface area (Å²) >= 11 is 0. The zero-order valence-corrected chi connectivity index (χ0v) is 15.7. The van der Waals surface area contributed by atoms with Gasteiger partial charge >= 0.3 is 0 Å². The highest BCUT2D eigenvalue weighted by atomic mass is 14.3. The molecule has 0 heterocycles. The Bertz CT molecular complexity index is 721. The van der Waals surface area contributed by atoms with Gasteiger partial charge in [-0.25, -0.2) is 0 Å². The molecule has 0 saturated carbocycles. The molecule has 126 valence electrons. The molecule has 0 heteroatoms. The maximum absolute atomic E-state index is 2.40. The van der Waals surface area contributed by atoms with E-state index in [9.17, 15) is 0 Å². The van der Waals surface area contributed by atoms with E-state index in [1.807, 2.05) is 0 Å². The smallest absolute Gasteiger partial charge is 0.0120 e. The van der Waals surface area contributed by atoms with E-state index in [4.69, 9.17) is 0 Å². The van der Waals surface area contributed by atoms with Crippen LogP contribution in [0.3, 0.4) is 0 Å². The number of benzene rings is 1. The van der Waals surface area contributed by atoms with Crippen LogP contribution in [-0.2, 0) is 0 Å². The molecule has 24 heavy (non-hydrogen) atoms. The van der Waals surface area contributed by atoms with Gasteiger partial charge in [0.25, 0.3) is 0 Å². The van der Waals surface area contributed by atoms with Crippen LogP contribution < -0.4 is 0 Å². The van der Waals surface area contributed by atoms with E-state index >= 15 is 0 Å². The molecule has 0 saturated heterocycles. The first-order valence-corrected chi connectivity index (χ1v) is 9.33. The van der Waals surface area contributed by atoms with E-state index in [2.05, 4.69) is 76.3 Å². The van der Waals surface area contributed by atoms with E-state index in [1.54, 1.807) is 16.7 Å². The van der Waals surface area contributed by atoms with Crippen LogP contribution in [0, 0.1) is 5.41 Å². The van der Waals surface area contributed by atoms with Gasteiger partial charge in [-0.2, -0.15) is 0 Å². The van der Waals surface area contributed by atoms with Crippen molar-refractivity contribution in [3.63, 3.8) is 0 Å². The first kappa shape index (κ1) is 17.0. The third-order valence-electron chi connectivity index (χ3n) is 5.95. The van der Waals surface area contributed by atoms with Gasteiger partial charge in [0.15, 0.2) is 0 Å². The summed E-state index contributed by atoms with van der Waals surface area (Å²) in [6, 6.07) is 11.0. The van der Waals surface area contributed by atoms with Crippen LogP contribution in [0.4, 0.5) is 0 Å². The monoisotopic (exact) mass is 318 g/mol. The van der Waals surface area contributed by atoms with Gasteiger partial charge in [-0.3, -0.25) is 0 Å². The van der Waals surface area contributed by atoms with E-state index in [-0.39, 0.29) is 5.41 Å². The highest BCUT2D eigenvalue weighted by molar-refractivity contribution is 5.85. The maximum Gasteiger partial charge on any atom is -0.0120 e. The van der Waals surface area contributed by atoms with Crippen molar-refractivity contribution in [2.24, 2.45) is 5.41 Å². The lowest BCUT2D eigenvalue weighted by Gasteiger charge is -2.26. The van der Waals surface area contributed by atoms with Crippen LogP contribution >= 0.6 is 0 Å². The van der Waals surface area contributed by atoms with Crippen LogP contribution in [0.1, 0.15) is 65.4 Å². The van der Waals surface area contributed by atoms with Gasteiger partial charge in [0.05, 0.1) is 0 Å². The highest BCUT2D eigenvalue weighted by Gasteiger charge is 2.29. The predicted molar refractivity (Wildman–Crippen MR) is 106 cm³/mol. The Balaban J connectivity index is 2.22. The molecule has 0 fully saturated rings. The zero-order valence-electron chi connectivity index (χ0n) is 15.7. The van der Waals surface area contributed by atoms with Crippen LogP contribution in [0.2, 0.25) is 0 Å². The fraction of sp³-hybridized carbons (Fsp3) is 0.417. The summed E-state index contributed by atoms with van der Waals surface area (Å²) in [7, 11) is 0. The minimum absolute atomic E-state index is 0.271. The normalized spacial score (nSPS) is 21.4. The van der Waals surface area contributed by atoms with Crippen molar-refractivity contribution >= 4 is 5.57 Å². The maximum atomic E-state index is 2.40. The molecular formula is C24H30. The van der Waals surface area contributed by atoms with E-state index in [0.29, 0.717) is 0 Å². The molecule has 3 rings (SSSR count). The minimum atomic E-state index is 0.271. The van der Waals surface area contributed by atoms with Gasteiger partial charge in [0, 0.05) is 0 Å². The van der Waals surface area contributed by atoms with Crippen molar-refractivity contribution in [2.45, 2.75) is 59.8 Å². The summed E-state index contributed by atoms with van der Waals surface area (Å²) in [4.78, 5) is 0. The van der Waals surface area contributed by atoms with Crippen LogP contribution in [0.25, 0.3) is 5.57 Å². The summed E-state index contributed by atoms with van der Waals surface area (Å²) in [5.41, 5.74) is 9.28. The second kappa shape index (κ2) is 6.97. The van der Waals surface area contributed by atoms with Gasteiger partial charge in [-0.05, 0) is 79.2 Å². The predicted octanol–water partition coefficient (Wildman–Crippen LogP) is 7.26. The van der Waals surface area contributed by atoms with Crippen molar-refractivity contribution in [2.75, 3.05) is 0 Å². The second-order valence-corrected chi connectivity index (χ2v) is 7.87. The summed E-state index contributed by atoms with van der Waals surface area (Å²) in [6.07, 6.45) is 13.0. The van der Waals surface area contributed by atoms with Gasteiger partial charge in [0.1, 0.15) is 0 Å². The summed E-state index contributed by atoms with van der Waals surface area (Å²) in [6.45, 7) is 9.47. The molecule has 0 unspecified atom stereocenters. The van der Waals surface area contributed by atoms with E-state index in [1.165, 1.54) is 48.8 Å². The second-order valence-electron chi connectivity index (χ2n) is 7.87. The first-order chi connectivity index (χ1) is 11.5. The van der Waals surface area contributed by atoms with Crippen molar-refractivity contribution in [3.05, 3.63) is 76.4 Å². The summed E-state index contributed by atoms with van der Waals surface area (Å²) in [5.74, 6) is 0. The van der Waals surface area contributed by atoms with Gasteiger partial charge in [0.2, 0.25) is 0 Å². The average molecular weight is 319 g/mol. The SMILES string of the molecule is CC1=C(C)C(C)(C)CCC(C2=CC=CCCC2)=C1c1ccccc1. The molecule has 0 nitrogen and oxygen atoms in total. The van der Waals surface area contributed by atoms with E-state index in [0.717, 1.165) is 0 Å². The summed E-state index contributed by atoms with van der Waals surface area (Å²) < 4.78 is 0. The molecule has 2 aliphatic rings. The third-order valence-corrected chi connectivity index (χ3v) is 5.95. The van der Waals surface area contributed by atoms with E-state index < -0.39 is 0 Å². The summed E-state index contributed by atoms with van der Waals surface area (Å²) in [5, 5.41) is 0. The average Bonchev–Trinajstić information content (AvgIpc) is 2.90. The molecule has 0 aliphatic heterocycles. The molecular weight excluding hydrogens is 288 g/mol. The van der Waals surface area contributed by atoms with Gasteiger partial charge < -0.3 is 0 Å². The Morgan fingerprint density at radius 2 is 1.71 bits per heavy atom. The Morgan fingerprint density at radius 1 is 0.958 bits per heavy atom. The fourth-order valence-electron chi connectivity index (χ4n) is 4.01. The van der Waals surface area contributed by atoms with Crippen LogP contribution in [0.15, 0.2) is 70.9 Å². The van der Waals surface area contributed by atoms with Crippen molar-refractivity contribution in [1.82, 2.24) is 0 Å². The Hall–Kier alpha value is -1.82. The molecule has 0 bridgehead atoms.